The molecule has 0 aliphatic heterocycles. The van der Waals surface area contributed by atoms with Crippen LogP contribution in [-0.4, -0.2) is 12.1 Å². The van der Waals surface area contributed by atoms with E-state index in [1.54, 1.807) is 0 Å². The Morgan fingerprint density at radius 3 is 2.44 bits per heavy atom. The Hall–Kier alpha value is -1.51. The zero-order chi connectivity index (χ0) is 13.5. The molecule has 0 aliphatic carbocycles. The average Bonchev–Trinajstić information content (AvgIpc) is 2.29. The van der Waals surface area contributed by atoms with Crippen molar-refractivity contribution in [3.63, 3.8) is 0 Å². The van der Waals surface area contributed by atoms with E-state index in [4.69, 9.17) is 10.5 Å². The molecule has 0 heterocycles. The Morgan fingerprint density at radius 2 is 1.89 bits per heavy atom. The number of nitrogens with two attached hydrogens (primary N) is 1. The van der Waals surface area contributed by atoms with E-state index < -0.39 is 0 Å². The van der Waals surface area contributed by atoms with E-state index in [-0.39, 0.29) is 18.0 Å². The van der Waals surface area contributed by atoms with Crippen molar-refractivity contribution in [2.45, 2.75) is 52.1 Å². The van der Waals surface area contributed by atoms with Gasteiger partial charge in [0.05, 0.1) is 12.5 Å². The Labute approximate surface area is 109 Å². The maximum Gasteiger partial charge on any atom is 0.306 e. The molecule has 3 heteroatoms. The van der Waals surface area contributed by atoms with Crippen LogP contribution in [-0.2, 0) is 9.53 Å². The molecule has 1 rings (SSSR count). The summed E-state index contributed by atoms with van der Waals surface area (Å²) in [6.07, 6.45) is 2.38. The minimum absolute atomic E-state index is 0.0149. The van der Waals surface area contributed by atoms with Crippen LogP contribution >= 0.6 is 0 Å². The van der Waals surface area contributed by atoms with Crippen LogP contribution in [0.5, 0.6) is 0 Å². The topological polar surface area (TPSA) is 52.3 Å². The molecule has 2 N–H and O–H groups in total. The van der Waals surface area contributed by atoms with Crippen LogP contribution in [0.15, 0.2) is 24.3 Å². The maximum atomic E-state index is 11.7. The molecule has 0 aliphatic rings. The fraction of sp³-hybridized carbons (Fsp3) is 0.533. The summed E-state index contributed by atoms with van der Waals surface area (Å²) in [4.78, 5) is 11.7. The number of nitrogen functional groups attached to an aromatic ring is 1. The predicted molar refractivity (Wildman–Crippen MR) is 74.3 cm³/mol. The molecule has 0 saturated heterocycles. The van der Waals surface area contributed by atoms with E-state index in [2.05, 4.69) is 6.92 Å². The molecule has 0 saturated carbocycles. The van der Waals surface area contributed by atoms with Gasteiger partial charge in [0.1, 0.15) is 0 Å². The highest BCUT2D eigenvalue weighted by molar-refractivity contribution is 5.70. The molecule has 18 heavy (non-hydrogen) atoms. The third-order valence-corrected chi connectivity index (χ3v) is 3.01. The first kappa shape index (κ1) is 14.6. The number of carbonyl (C=O) groups excluding carboxylic acids is 1. The number of anilines is 1. The smallest absolute Gasteiger partial charge is 0.306 e. The van der Waals surface area contributed by atoms with Gasteiger partial charge in [-0.1, -0.05) is 32.4 Å². The van der Waals surface area contributed by atoms with Gasteiger partial charge in [-0.05, 0) is 37.0 Å². The summed E-state index contributed by atoms with van der Waals surface area (Å²) < 4.78 is 5.34. The highest BCUT2D eigenvalue weighted by Gasteiger charge is 2.14. The molecule has 1 aromatic carbocycles. The summed E-state index contributed by atoms with van der Waals surface area (Å²) in [7, 11) is 0. The van der Waals surface area contributed by atoms with Gasteiger partial charge in [0.2, 0.25) is 0 Å². The lowest BCUT2D eigenvalue weighted by Crippen LogP contribution is -2.16. The first-order valence-electron chi connectivity index (χ1n) is 6.57. The van der Waals surface area contributed by atoms with E-state index in [1.165, 1.54) is 0 Å². The Bertz CT molecular complexity index is 373. The molecule has 100 valence electrons. The first-order chi connectivity index (χ1) is 8.52. The van der Waals surface area contributed by atoms with Crippen LogP contribution in [0.4, 0.5) is 5.69 Å². The zero-order valence-corrected chi connectivity index (χ0v) is 11.5. The molecule has 2 atom stereocenters. The number of hydrogen-bond acceptors (Lipinski definition) is 3. The van der Waals surface area contributed by atoms with Crippen molar-refractivity contribution in [2.24, 2.45) is 0 Å². The monoisotopic (exact) mass is 249 g/mol. The Balaban J connectivity index is 2.46. The SMILES string of the molecule is CCCC(C)OC(=O)CC(C)c1ccc(N)cc1. The van der Waals surface area contributed by atoms with E-state index in [1.807, 2.05) is 38.1 Å². The van der Waals surface area contributed by atoms with Crippen LogP contribution < -0.4 is 5.73 Å². The standard InChI is InChI=1S/C15H23NO2/c1-4-5-12(3)18-15(17)10-11(2)13-6-8-14(16)9-7-13/h6-9,11-12H,4-5,10,16H2,1-3H3. The van der Waals surface area contributed by atoms with E-state index in [0.29, 0.717) is 6.42 Å². The second-order valence-corrected chi connectivity index (χ2v) is 4.86. The summed E-state index contributed by atoms with van der Waals surface area (Å²) >= 11 is 0. The number of rotatable bonds is 6. The molecular formula is C15H23NO2. The third-order valence-electron chi connectivity index (χ3n) is 3.01. The van der Waals surface area contributed by atoms with E-state index in [0.717, 1.165) is 24.1 Å². The number of benzene rings is 1. The quantitative estimate of drug-likeness (QED) is 0.620. The Morgan fingerprint density at radius 1 is 1.28 bits per heavy atom. The van der Waals surface area contributed by atoms with Gasteiger partial charge in [0.25, 0.3) is 0 Å². The molecular weight excluding hydrogens is 226 g/mol. The molecule has 2 unspecified atom stereocenters. The van der Waals surface area contributed by atoms with Gasteiger partial charge in [-0.2, -0.15) is 0 Å². The second kappa shape index (κ2) is 7.04. The molecule has 1 aromatic rings. The number of ether oxygens (including phenoxy) is 1. The normalized spacial score (nSPS) is 13.9. The van der Waals surface area contributed by atoms with Gasteiger partial charge in [0.15, 0.2) is 0 Å². The minimum atomic E-state index is -0.125. The van der Waals surface area contributed by atoms with Crippen molar-refractivity contribution in [2.75, 3.05) is 5.73 Å². The summed E-state index contributed by atoms with van der Waals surface area (Å²) in [5, 5.41) is 0. The van der Waals surface area contributed by atoms with Crippen molar-refractivity contribution >= 4 is 11.7 Å². The lowest BCUT2D eigenvalue weighted by atomic mass is 9.98. The summed E-state index contributed by atoms with van der Waals surface area (Å²) in [6, 6.07) is 7.64. The van der Waals surface area contributed by atoms with Crippen LogP contribution in [0.25, 0.3) is 0 Å². The zero-order valence-electron chi connectivity index (χ0n) is 11.5. The highest BCUT2D eigenvalue weighted by atomic mass is 16.5. The minimum Gasteiger partial charge on any atom is -0.463 e. The molecule has 0 bridgehead atoms. The van der Waals surface area contributed by atoms with Gasteiger partial charge in [-0.3, -0.25) is 4.79 Å². The van der Waals surface area contributed by atoms with Crippen LogP contribution in [0.1, 0.15) is 51.5 Å². The molecule has 0 aromatic heterocycles. The van der Waals surface area contributed by atoms with Crippen LogP contribution in [0, 0.1) is 0 Å². The number of esters is 1. The predicted octanol–water partition coefficient (Wildman–Crippen LogP) is 3.49. The van der Waals surface area contributed by atoms with Crippen molar-refractivity contribution < 1.29 is 9.53 Å². The van der Waals surface area contributed by atoms with Crippen molar-refractivity contribution in [3.05, 3.63) is 29.8 Å². The number of carbonyl (C=O) groups is 1. The summed E-state index contributed by atoms with van der Waals surface area (Å²) in [5.41, 5.74) is 7.49. The van der Waals surface area contributed by atoms with E-state index >= 15 is 0 Å². The second-order valence-electron chi connectivity index (χ2n) is 4.86. The average molecular weight is 249 g/mol. The van der Waals surface area contributed by atoms with Crippen LogP contribution in [0.3, 0.4) is 0 Å². The van der Waals surface area contributed by atoms with Gasteiger partial charge in [-0.15, -0.1) is 0 Å². The lowest BCUT2D eigenvalue weighted by molar-refractivity contribution is -0.148. The fourth-order valence-corrected chi connectivity index (χ4v) is 1.93. The molecule has 0 fully saturated rings. The largest absolute Gasteiger partial charge is 0.463 e. The summed E-state index contributed by atoms with van der Waals surface area (Å²) in [6.45, 7) is 6.05. The number of hydrogen-bond donors (Lipinski definition) is 1. The molecule has 0 amide bonds. The molecule has 0 spiro atoms. The van der Waals surface area contributed by atoms with Crippen molar-refractivity contribution in [1.29, 1.82) is 0 Å². The maximum absolute atomic E-state index is 11.7. The molecule has 3 nitrogen and oxygen atoms in total. The van der Waals surface area contributed by atoms with Gasteiger partial charge in [-0.25, -0.2) is 0 Å². The highest BCUT2D eigenvalue weighted by Crippen LogP contribution is 2.21. The first-order valence-corrected chi connectivity index (χ1v) is 6.57. The summed E-state index contributed by atoms with van der Waals surface area (Å²) in [5.74, 6) is 0.0344. The Kier molecular flexibility index (Phi) is 5.69. The van der Waals surface area contributed by atoms with E-state index in [9.17, 15) is 4.79 Å². The third kappa shape index (κ3) is 4.78. The lowest BCUT2D eigenvalue weighted by Gasteiger charge is -2.15. The fourth-order valence-electron chi connectivity index (χ4n) is 1.93. The van der Waals surface area contributed by atoms with Crippen molar-refractivity contribution in [3.8, 4) is 0 Å². The van der Waals surface area contributed by atoms with Gasteiger partial charge < -0.3 is 10.5 Å². The van der Waals surface area contributed by atoms with Crippen LogP contribution in [0.2, 0.25) is 0 Å². The van der Waals surface area contributed by atoms with Gasteiger partial charge in [0, 0.05) is 5.69 Å². The van der Waals surface area contributed by atoms with Gasteiger partial charge >= 0.3 is 5.97 Å². The molecule has 0 radical (unpaired) electrons. The van der Waals surface area contributed by atoms with Crippen molar-refractivity contribution in [1.82, 2.24) is 0 Å².